The molecule has 7 nitrogen and oxygen atoms in total. The number of rotatable bonds is 8. The van der Waals surface area contributed by atoms with Crippen LogP contribution in [0.5, 0.6) is 11.5 Å². The highest BCUT2D eigenvalue weighted by atomic mass is 35.5. The minimum absolute atomic E-state index is 0. The minimum atomic E-state index is -0.631. The number of halogens is 1. The van der Waals surface area contributed by atoms with Gasteiger partial charge in [-0.3, -0.25) is 9.59 Å². The van der Waals surface area contributed by atoms with Crippen molar-refractivity contribution in [2.45, 2.75) is 26.8 Å². The lowest BCUT2D eigenvalue weighted by Crippen LogP contribution is -2.46. The molecule has 1 aromatic rings. The molecule has 24 heavy (non-hydrogen) atoms. The van der Waals surface area contributed by atoms with Gasteiger partial charge in [0.1, 0.15) is 0 Å². The van der Waals surface area contributed by atoms with Crippen LogP contribution in [0.25, 0.3) is 0 Å². The number of anilines is 1. The largest absolute Gasteiger partial charge is 0.493 e. The number of nitrogens with two attached hydrogens (primary N) is 1. The Labute approximate surface area is 148 Å². The van der Waals surface area contributed by atoms with Gasteiger partial charge in [0.2, 0.25) is 11.8 Å². The third-order valence-electron chi connectivity index (χ3n) is 3.19. The molecule has 0 unspecified atom stereocenters. The number of carbonyl (C=O) groups excluding carboxylic acids is 2. The lowest BCUT2D eigenvalue weighted by Gasteiger charge is -2.15. The van der Waals surface area contributed by atoms with Crippen LogP contribution in [0, 0.1) is 5.92 Å². The fourth-order valence-electron chi connectivity index (χ4n) is 1.82. The van der Waals surface area contributed by atoms with Crippen molar-refractivity contribution in [2.24, 2.45) is 11.7 Å². The minimum Gasteiger partial charge on any atom is -0.493 e. The van der Waals surface area contributed by atoms with Crippen LogP contribution in [-0.4, -0.2) is 38.1 Å². The van der Waals surface area contributed by atoms with Crippen molar-refractivity contribution in [3.05, 3.63) is 18.2 Å². The van der Waals surface area contributed by atoms with Gasteiger partial charge >= 0.3 is 0 Å². The second-order valence-electron chi connectivity index (χ2n) is 5.33. The molecular formula is C16H26ClN3O4. The maximum absolute atomic E-state index is 11.9. The normalized spacial score (nSPS) is 11.2. The van der Waals surface area contributed by atoms with Crippen molar-refractivity contribution in [3.8, 4) is 11.5 Å². The summed E-state index contributed by atoms with van der Waals surface area (Å²) in [6, 6.07) is 4.44. The Morgan fingerprint density at radius 1 is 1.25 bits per heavy atom. The third kappa shape index (κ3) is 6.64. The van der Waals surface area contributed by atoms with E-state index in [9.17, 15) is 9.59 Å². The van der Waals surface area contributed by atoms with Crippen molar-refractivity contribution in [2.75, 3.05) is 25.6 Å². The van der Waals surface area contributed by atoms with Crippen LogP contribution >= 0.6 is 12.4 Å². The quantitative estimate of drug-likeness (QED) is 0.653. The molecule has 0 fully saturated rings. The summed E-state index contributed by atoms with van der Waals surface area (Å²) in [5.74, 6) is 0.440. The number of hydrogen-bond acceptors (Lipinski definition) is 5. The molecule has 0 heterocycles. The van der Waals surface area contributed by atoms with Crippen LogP contribution < -0.4 is 25.8 Å². The molecule has 0 bridgehead atoms. The Bertz CT molecular complexity index is 552. The van der Waals surface area contributed by atoms with Gasteiger partial charge in [-0.2, -0.15) is 0 Å². The molecule has 0 aliphatic rings. The number of hydrogen-bond donors (Lipinski definition) is 3. The summed E-state index contributed by atoms with van der Waals surface area (Å²) in [5, 5.41) is 5.20. The van der Waals surface area contributed by atoms with Crippen molar-refractivity contribution < 1.29 is 19.1 Å². The first-order chi connectivity index (χ1) is 10.9. The maximum atomic E-state index is 11.9. The molecule has 0 saturated carbocycles. The number of methoxy groups -OCH3 is 1. The van der Waals surface area contributed by atoms with Gasteiger partial charge in [-0.05, 0) is 25.0 Å². The van der Waals surface area contributed by atoms with E-state index < -0.39 is 6.04 Å². The van der Waals surface area contributed by atoms with E-state index in [1.54, 1.807) is 25.3 Å². The Hall–Kier alpha value is -1.99. The van der Waals surface area contributed by atoms with Gasteiger partial charge in [0.25, 0.3) is 0 Å². The number of nitrogens with one attached hydrogen (secondary N) is 2. The molecular weight excluding hydrogens is 334 g/mol. The molecule has 0 radical (unpaired) electrons. The van der Waals surface area contributed by atoms with Gasteiger partial charge in [-0.25, -0.2) is 0 Å². The van der Waals surface area contributed by atoms with Crippen LogP contribution in [0.2, 0.25) is 0 Å². The Morgan fingerprint density at radius 2 is 1.92 bits per heavy atom. The average Bonchev–Trinajstić information content (AvgIpc) is 2.52. The van der Waals surface area contributed by atoms with Gasteiger partial charge in [0.15, 0.2) is 11.5 Å². The number of amides is 2. The molecule has 0 aliphatic heterocycles. The van der Waals surface area contributed by atoms with E-state index in [-0.39, 0.29) is 36.7 Å². The Balaban J connectivity index is 0.00000529. The summed E-state index contributed by atoms with van der Waals surface area (Å²) in [6.07, 6.45) is 0. The standard InChI is InChI=1S/C16H25N3O4.ClH/c1-5-23-13-8-11(6-7-12(13)22-4)19-14(20)9-18-16(21)15(17)10(2)3;/h6-8,10,15H,5,9,17H2,1-4H3,(H,18,21)(H,19,20);1H/t15-;/m0./s1. The predicted octanol–water partition coefficient (Wildman–Crippen LogP) is 1.55. The fraction of sp³-hybridized carbons (Fsp3) is 0.500. The zero-order valence-electron chi connectivity index (χ0n) is 14.4. The van der Waals surface area contributed by atoms with Gasteiger partial charge in [0, 0.05) is 11.8 Å². The van der Waals surface area contributed by atoms with Gasteiger partial charge in [-0.15, -0.1) is 12.4 Å². The van der Waals surface area contributed by atoms with E-state index in [1.165, 1.54) is 0 Å². The number of carbonyl (C=O) groups is 2. The molecule has 0 saturated heterocycles. The van der Waals surface area contributed by atoms with Crippen molar-refractivity contribution in [1.82, 2.24) is 5.32 Å². The van der Waals surface area contributed by atoms with Gasteiger partial charge in [-0.1, -0.05) is 13.8 Å². The van der Waals surface area contributed by atoms with E-state index in [0.29, 0.717) is 23.8 Å². The highest BCUT2D eigenvalue weighted by molar-refractivity contribution is 5.95. The second kappa shape index (κ2) is 10.7. The maximum Gasteiger partial charge on any atom is 0.243 e. The molecule has 1 rings (SSSR count). The van der Waals surface area contributed by atoms with Gasteiger partial charge < -0.3 is 25.8 Å². The Morgan fingerprint density at radius 3 is 2.46 bits per heavy atom. The summed E-state index contributed by atoms with van der Waals surface area (Å²) in [7, 11) is 1.55. The molecule has 0 spiro atoms. The predicted molar refractivity (Wildman–Crippen MR) is 95.9 cm³/mol. The van der Waals surface area contributed by atoms with Crippen molar-refractivity contribution in [1.29, 1.82) is 0 Å². The van der Waals surface area contributed by atoms with Crippen LogP contribution in [-0.2, 0) is 9.59 Å². The molecule has 1 aromatic carbocycles. The SMILES string of the molecule is CCOc1cc(NC(=O)CNC(=O)[C@@H](N)C(C)C)ccc1OC.Cl. The van der Waals surface area contributed by atoms with E-state index >= 15 is 0 Å². The summed E-state index contributed by atoms with van der Waals surface area (Å²) in [6.45, 7) is 5.89. The number of benzene rings is 1. The van der Waals surface area contributed by atoms with E-state index in [1.807, 2.05) is 20.8 Å². The van der Waals surface area contributed by atoms with Crippen LogP contribution in [0.1, 0.15) is 20.8 Å². The smallest absolute Gasteiger partial charge is 0.243 e. The summed E-state index contributed by atoms with van der Waals surface area (Å²) in [5.41, 5.74) is 6.27. The lowest BCUT2D eigenvalue weighted by atomic mass is 10.1. The molecule has 4 N–H and O–H groups in total. The van der Waals surface area contributed by atoms with Crippen LogP contribution in [0.4, 0.5) is 5.69 Å². The molecule has 0 aromatic heterocycles. The lowest BCUT2D eigenvalue weighted by molar-refractivity contribution is -0.125. The molecule has 2 amide bonds. The summed E-state index contributed by atoms with van der Waals surface area (Å²) in [4.78, 5) is 23.6. The second-order valence-corrected chi connectivity index (χ2v) is 5.33. The topological polar surface area (TPSA) is 103 Å². The molecule has 1 atom stereocenters. The van der Waals surface area contributed by atoms with Crippen molar-refractivity contribution >= 4 is 29.9 Å². The van der Waals surface area contributed by atoms with Crippen LogP contribution in [0.3, 0.4) is 0 Å². The fourth-order valence-corrected chi connectivity index (χ4v) is 1.82. The summed E-state index contributed by atoms with van der Waals surface area (Å²) < 4.78 is 10.6. The molecule has 8 heteroatoms. The first kappa shape index (κ1) is 22.0. The van der Waals surface area contributed by atoms with Crippen molar-refractivity contribution in [3.63, 3.8) is 0 Å². The molecule has 136 valence electrons. The first-order valence-corrected chi connectivity index (χ1v) is 7.53. The monoisotopic (exact) mass is 359 g/mol. The van der Waals surface area contributed by atoms with Crippen LogP contribution in [0.15, 0.2) is 18.2 Å². The Kier molecular flexibility index (Phi) is 9.83. The van der Waals surface area contributed by atoms with Gasteiger partial charge in [0.05, 0.1) is 26.3 Å². The zero-order chi connectivity index (χ0) is 17.4. The highest BCUT2D eigenvalue weighted by Gasteiger charge is 2.17. The first-order valence-electron chi connectivity index (χ1n) is 7.53. The zero-order valence-corrected chi connectivity index (χ0v) is 15.2. The molecule has 0 aliphatic carbocycles. The third-order valence-corrected chi connectivity index (χ3v) is 3.19. The van der Waals surface area contributed by atoms with E-state index in [2.05, 4.69) is 10.6 Å². The highest BCUT2D eigenvalue weighted by Crippen LogP contribution is 2.30. The summed E-state index contributed by atoms with van der Waals surface area (Å²) >= 11 is 0. The average molecular weight is 360 g/mol. The van der Waals surface area contributed by atoms with E-state index in [4.69, 9.17) is 15.2 Å². The van der Waals surface area contributed by atoms with E-state index in [0.717, 1.165) is 0 Å². The number of ether oxygens (including phenoxy) is 2.